The van der Waals surface area contributed by atoms with Crippen molar-refractivity contribution >= 4 is 59.9 Å². The van der Waals surface area contributed by atoms with Crippen LogP contribution in [0.5, 0.6) is 0 Å². The summed E-state index contributed by atoms with van der Waals surface area (Å²) in [4.78, 5) is 32.3. The van der Waals surface area contributed by atoms with Gasteiger partial charge in [-0.15, -0.1) is 22.7 Å². The number of anilines is 1. The van der Waals surface area contributed by atoms with Crippen molar-refractivity contribution in [3.05, 3.63) is 34.7 Å². The van der Waals surface area contributed by atoms with Crippen LogP contribution >= 0.6 is 22.7 Å². The van der Waals surface area contributed by atoms with E-state index in [1.165, 1.54) is 29.7 Å². The molecule has 1 aliphatic heterocycles. The minimum atomic E-state index is -3.49. The van der Waals surface area contributed by atoms with Crippen molar-refractivity contribution in [1.82, 2.24) is 14.2 Å². The number of thiophene rings is 1. The summed E-state index contributed by atoms with van der Waals surface area (Å²) in [5, 5.41) is 4.28. The van der Waals surface area contributed by atoms with E-state index in [-0.39, 0.29) is 12.6 Å². The highest BCUT2D eigenvalue weighted by Crippen LogP contribution is 2.45. The van der Waals surface area contributed by atoms with Crippen LogP contribution in [-0.4, -0.2) is 67.6 Å². The van der Waals surface area contributed by atoms with E-state index >= 15 is 0 Å². The number of sulfonamides is 1. The molecule has 0 atom stereocenters. The van der Waals surface area contributed by atoms with Gasteiger partial charge in [0.1, 0.15) is 10.0 Å². The monoisotopic (exact) mass is 508 g/mol. The van der Waals surface area contributed by atoms with Crippen LogP contribution in [0.3, 0.4) is 0 Å². The molecule has 2 aromatic heterocycles. The topological polar surface area (TPSA) is 109 Å². The van der Waals surface area contributed by atoms with Gasteiger partial charge in [-0.1, -0.05) is 12.1 Å². The predicted octanol–water partition coefficient (Wildman–Crippen LogP) is 3.37. The number of thiazole rings is 1. The Bertz CT molecular complexity index is 1280. The molecule has 0 spiro atoms. The number of likely N-dealkylation sites (N-methyl/N-ethyl adjacent to an activating group) is 1. The lowest BCUT2D eigenvalue weighted by Gasteiger charge is -2.26. The Labute approximate surface area is 200 Å². The van der Waals surface area contributed by atoms with Crippen molar-refractivity contribution in [2.75, 3.05) is 38.3 Å². The summed E-state index contributed by atoms with van der Waals surface area (Å²) in [7, 11) is -2.13. The van der Waals surface area contributed by atoms with Gasteiger partial charge in [-0.3, -0.25) is 4.79 Å². The van der Waals surface area contributed by atoms with E-state index in [0.29, 0.717) is 31.1 Å². The summed E-state index contributed by atoms with van der Waals surface area (Å²) in [6, 6.07) is 7.82. The van der Waals surface area contributed by atoms with Gasteiger partial charge in [-0.2, -0.15) is 4.31 Å². The van der Waals surface area contributed by atoms with Gasteiger partial charge in [0.25, 0.3) is 0 Å². The largest absolute Gasteiger partial charge is 0.450 e. The summed E-state index contributed by atoms with van der Waals surface area (Å²) in [6.07, 6.45) is 1.30. The molecule has 176 valence electrons. The molecule has 0 fully saturated rings. The molecule has 2 amide bonds. The summed E-state index contributed by atoms with van der Waals surface area (Å²) < 4.78 is 30.6. The second-order valence-corrected chi connectivity index (χ2v) is 11.9. The number of aromatic nitrogens is 1. The Morgan fingerprint density at radius 3 is 2.73 bits per heavy atom. The summed E-state index contributed by atoms with van der Waals surface area (Å²) >= 11 is 2.92. The highest BCUT2D eigenvalue weighted by Gasteiger charge is 2.30. The maximum absolute atomic E-state index is 12.7. The Morgan fingerprint density at radius 1 is 1.27 bits per heavy atom. The zero-order valence-corrected chi connectivity index (χ0v) is 20.9. The van der Waals surface area contributed by atoms with Crippen molar-refractivity contribution in [3.8, 4) is 10.6 Å². The number of rotatable bonds is 6. The van der Waals surface area contributed by atoms with Crippen LogP contribution in [0.25, 0.3) is 20.8 Å². The fourth-order valence-electron chi connectivity index (χ4n) is 3.55. The van der Waals surface area contributed by atoms with Gasteiger partial charge in [-0.25, -0.2) is 18.2 Å². The average Bonchev–Trinajstić information content (AvgIpc) is 3.32. The van der Waals surface area contributed by atoms with E-state index < -0.39 is 15.9 Å². The molecule has 4 rings (SSSR count). The van der Waals surface area contributed by atoms with E-state index in [0.717, 1.165) is 41.8 Å². The van der Waals surface area contributed by atoms with Crippen LogP contribution in [0.2, 0.25) is 0 Å². The Balaban J connectivity index is 1.70. The van der Waals surface area contributed by atoms with E-state index in [9.17, 15) is 18.0 Å². The number of hydrogen-bond acceptors (Lipinski definition) is 8. The van der Waals surface area contributed by atoms with Crippen molar-refractivity contribution in [2.24, 2.45) is 0 Å². The fraction of sp³-hybridized carbons (Fsp3) is 0.381. The van der Waals surface area contributed by atoms with E-state index in [2.05, 4.69) is 5.32 Å². The molecular weight excluding hydrogens is 484 g/mol. The average molecular weight is 509 g/mol. The van der Waals surface area contributed by atoms with Crippen molar-refractivity contribution < 1.29 is 22.7 Å². The van der Waals surface area contributed by atoms with Gasteiger partial charge in [-0.05, 0) is 31.0 Å². The molecule has 33 heavy (non-hydrogen) atoms. The molecule has 1 aliphatic rings. The molecule has 1 N–H and O–H groups in total. The second-order valence-electron chi connectivity index (χ2n) is 7.63. The number of fused-ring (bicyclic) bond motifs is 2. The van der Waals surface area contributed by atoms with Crippen LogP contribution in [0.1, 0.15) is 17.4 Å². The number of benzene rings is 1. The molecule has 3 aromatic rings. The van der Waals surface area contributed by atoms with Crippen molar-refractivity contribution in [2.45, 2.75) is 19.9 Å². The molecule has 12 heteroatoms. The number of carbonyl (C=O) groups excluding carboxylic acids is 2. The van der Waals surface area contributed by atoms with Crippen LogP contribution in [0, 0.1) is 0 Å². The molecule has 0 bridgehead atoms. The maximum atomic E-state index is 12.7. The lowest BCUT2D eigenvalue weighted by Crippen LogP contribution is -2.35. The van der Waals surface area contributed by atoms with Crippen LogP contribution in [0.15, 0.2) is 24.3 Å². The lowest BCUT2D eigenvalue weighted by atomic mass is 10.0. The number of para-hydroxylation sites is 1. The van der Waals surface area contributed by atoms with Crippen LogP contribution in [-0.2, 0) is 32.5 Å². The van der Waals surface area contributed by atoms with Crippen molar-refractivity contribution in [3.63, 3.8) is 0 Å². The van der Waals surface area contributed by atoms with Crippen molar-refractivity contribution in [1.29, 1.82) is 0 Å². The van der Waals surface area contributed by atoms with Gasteiger partial charge in [0.2, 0.25) is 15.9 Å². The number of carbonyl (C=O) groups is 2. The first-order valence-electron chi connectivity index (χ1n) is 10.3. The summed E-state index contributed by atoms with van der Waals surface area (Å²) in [5.41, 5.74) is 2.76. The standard InChI is InChI=1S/C21H24N4O5S3/c1-4-30-21(27)25-10-9-13-16(11-25)32-20(23-17(26)12-24(2)33(3,28)29)18(13)19-22-14-7-5-6-8-15(14)31-19/h5-8H,4,9-12H2,1-3H3,(H,23,26). The third-order valence-electron chi connectivity index (χ3n) is 5.28. The van der Waals surface area contributed by atoms with Gasteiger partial charge < -0.3 is 15.0 Å². The van der Waals surface area contributed by atoms with Gasteiger partial charge in [0.15, 0.2) is 0 Å². The smallest absolute Gasteiger partial charge is 0.410 e. The van der Waals surface area contributed by atoms with Crippen LogP contribution < -0.4 is 5.32 Å². The molecule has 0 unspecified atom stereocenters. The number of amides is 2. The third kappa shape index (κ3) is 5.03. The molecule has 0 saturated carbocycles. The SMILES string of the molecule is CCOC(=O)N1CCc2c(sc(NC(=O)CN(C)S(C)(=O)=O)c2-c2nc3ccccc3s2)C1. The molecule has 1 aromatic carbocycles. The van der Waals surface area contributed by atoms with Crippen LogP contribution in [0.4, 0.5) is 9.80 Å². The van der Waals surface area contributed by atoms with Gasteiger partial charge in [0, 0.05) is 24.0 Å². The lowest BCUT2D eigenvalue weighted by molar-refractivity contribution is -0.116. The quantitative estimate of drug-likeness (QED) is 0.547. The first-order chi connectivity index (χ1) is 15.7. The zero-order chi connectivity index (χ0) is 23.8. The normalized spacial score (nSPS) is 13.9. The highest BCUT2D eigenvalue weighted by atomic mass is 32.2. The predicted molar refractivity (Wildman–Crippen MR) is 130 cm³/mol. The van der Waals surface area contributed by atoms with E-state index in [1.54, 1.807) is 11.8 Å². The Kier molecular flexibility index (Phi) is 6.71. The number of nitrogens with one attached hydrogen (secondary N) is 1. The first kappa shape index (κ1) is 23.6. The molecule has 3 heterocycles. The molecule has 0 saturated heterocycles. The molecule has 9 nitrogen and oxygen atoms in total. The first-order valence-corrected chi connectivity index (χ1v) is 13.8. The fourth-order valence-corrected chi connectivity index (χ4v) is 6.29. The van der Waals surface area contributed by atoms with Gasteiger partial charge in [0.05, 0.1) is 36.2 Å². The minimum absolute atomic E-state index is 0.296. The van der Waals surface area contributed by atoms with E-state index in [4.69, 9.17) is 9.72 Å². The number of hydrogen-bond donors (Lipinski definition) is 1. The highest BCUT2D eigenvalue weighted by molar-refractivity contribution is 7.88. The summed E-state index contributed by atoms with van der Waals surface area (Å²) in [6.45, 7) is 2.67. The van der Waals surface area contributed by atoms with E-state index in [1.807, 2.05) is 24.3 Å². The number of nitrogens with zero attached hydrogens (tertiary/aromatic N) is 3. The molecule has 0 radical (unpaired) electrons. The minimum Gasteiger partial charge on any atom is -0.450 e. The van der Waals surface area contributed by atoms with Gasteiger partial charge >= 0.3 is 6.09 Å². The maximum Gasteiger partial charge on any atom is 0.410 e. The molecular formula is C21H24N4O5S3. The summed E-state index contributed by atoms with van der Waals surface area (Å²) in [5.74, 6) is -0.439. The molecule has 0 aliphatic carbocycles. The Hall–Kier alpha value is -2.54. The number of ether oxygens (including phenoxy) is 1. The second kappa shape index (κ2) is 9.37. The third-order valence-corrected chi connectivity index (χ3v) is 8.72. The zero-order valence-electron chi connectivity index (χ0n) is 18.5. The Morgan fingerprint density at radius 2 is 2.03 bits per heavy atom.